The fourth-order valence-corrected chi connectivity index (χ4v) is 2.12. The maximum atomic E-state index is 12.2. The van der Waals surface area contributed by atoms with Crippen molar-refractivity contribution >= 4 is 5.91 Å². The summed E-state index contributed by atoms with van der Waals surface area (Å²) < 4.78 is 5.35. The summed E-state index contributed by atoms with van der Waals surface area (Å²) in [5.41, 5.74) is 2.44. The normalized spacial score (nSPS) is 12.2. The number of furan rings is 1. The molecule has 0 saturated heterocycles. The second kappa shape index (κ2) is 6.42. The third kappa shape index (κ3) is 3.50. The monoisotopic (exact) mass is 271 g/mol. The lowest BCUT2D eigenvalue weighted by Crippen LogP contribution is -2.29. The van der Waals surface area contributed by atoms with Crippen molar-refractivity contribution in [1.29, 1.82) is 0 Å². The van der Waals surface area contributed by atoms with Crippen LogP contribution in [0.25, 0.3) is 0 Å². The van der Waals surface area contributed by atoms with Gasteiger partial charge in [-0.2, -0.15) is 0 Å². The van der Waals surface area contributed by atoms with Crippen LogP contribution in [0.2, 0.25) is 0 Å². The highest BCUT2D eigenvalue weighted by atomic mass is 16.3. The fourth-order valence-electron chi connectivity index (χ4n) is 2.12. The number of nitrogens with zero attached hydrogens (tertiary/aromatic N) is 1. The van der Waals surface area contributed by atoms with Gasteiger partial charge >= 0.3 is 0 Å². The van der Waals surface area contributed by atoms with Crippen LogP contribution in [0.15, 0.2) is 47.1 Å². The molecule has 0 fully saturated rings. The van der Waals surface area contributed by atoms with Gasteiger partial charge in [0.1, 0.15) is 5.76 Å². The van der Waals surface area contributed by atoms with E-state index in [0.29, 0.717) is 6.42 Å². The van der Waals surface area contributed by atoms with E-state index < -0.39 is 0 Å². The van der Waals surface area contributed by atoms with E-state index in [1.165, 1.54) is 11.1 Å². The molecule has 3 heteroatoms. The number of benzene rings is 1. The van der Waals surface area contributed by atoms with Gasteiger partial charge in [0.15, 0.2) is 0 Å². The molecule has 2 aromatic rings. The minimum absolute atomic E-state index is 0.0319. The summed E-state index contributed by atoms with van der Waals surface area (Å²) >= 11 is 0. The summed E-state index contributed by atoms with van der Waals surface area (Å²) in [6, 6.07) is 12.0. The summed E-state index contributed by atoms with van der Waals surface area (Å²) in [4.78, 5) is 13.9. The van der Waals surface area contributed by atoms with Gasteiger partial charge in [-0.05, 0) is 38.0 Å². The van der Waals surface area contributed by atoms with E-state index in [4.69, 9.17) is 4.42 Å². The Labute approximate surface area is 120 Å². The van der Waals surface area contributed by atoms with Crippen LogP contribution >= 0.6 is 0 Å². The zero-order valence-corrected chi connectivity index (χ0v) is 12.3. The Morgan fingerprint density at radius 2 is 1.95 bits per heavy atom. The summed E-state index contributed by atoms with van der Waals surface area (Å²) in [5.74, 6) is 0.950. The minimum atomic E-state index is -0.0319. The van der Waals surface area contributed by atoms with Crippen LogP contribution in [-0.4, -0.2) is 17.9 Å². The number of hydrogen-bond donors (Lipinski definition) is 0. The Morgan fingerprint density at radius 1 is 1.25 bits per heavy atom. The maximum absolute atomic E-state index is 12.2. The van der Waals surface area contributed by atoms with Crippen molar-refractivity contribution in [3.8, 4) is 0 Å². The number of amides is 1. The molecule has 1 aromatic carbocycles. The number of carbonyl (C=O) groups excluding carboxylic acids is 1. The molecular weight excluding hydrogens is 250 g/mol. The standard InChI is InChI=1S/C17H21NO2/c1-13-6-8-15(9-7-13)10-11-17(19)18(3)14(2)16-5-4-12-20-16/h4-9,12,14H,10-11H2,1-3H3. The Bertz CT molecular complexity index is 543. The zero-order valence-electron chi connectivity index (χ0n) is 12.3. The van der Waals surface area contributed by atoms with Gasteiger partial charge in [-0.1, -0.05) is 29.8 Å². The van der Waals surface area contributed by atoms with E-state index in [-0.39, 0.29) is 11.9 Å². The first-order valence-electron chi connectivity index (χ1n) is 6.92. The van der Waals surface area contributed by atoms with Gasteiger partial charge in [-0.25, -0.2) is 0 Å². The van der Waals surface area contributed by atoms with Crippen molar-refractivity contribution in [1.82, 2.24) is 4.90 Å². The van der Waals surface area contributed by atoms with Gasteiger partial charge in [-0.15, -0.1) is 0 Å². The second-order valence-electron chi connectivity index (χ2n) is 5.18. The maximum Gasteiger partial charge on any atom is 0.223 e. The summed E-state index contributed by atoms with van der Waals surface area (Å²) in [6.07, 6.45) is 2.93. The molecule has 106 valence electrons. The summed E-state index contributed by atoms with van der Waals surface area (Å²) in [6.45, 7) is 4.04. The molecule has 0 bridgehead atoms. The molecule has 1 unspecified atom stereocenters. The first-order valence-corrected chi connectivity index (χ1v) is 6.92. The quantitative estimate of drug-likeness (QED) is 0.830. The van der Waals surface area contributed by atoms with Gasteiger partial charge < -0.3 is 9.32 Å². The van der Waals surface area contributed by atoms with E-state index in [1.807, 2.05) is 26.1 Å². The first kappa shape index (κ1) is 14.4. The highest BCUT2D eigenvalue weighted by Gasteiger charge is 2.18. The molecule has 0 spiro atoms. The third-order valence-corrected chi connectivity index (χ3v) is 3.68. The second-order valence-corrected chi connectivity index (χ2v) is 5.18. The third-order valence-electron chi connectivity index (χ3n) is 3.68. The van der Waals surface area contributed by atoms with Crippen LogP contribution in [0.5, 0.6) is 0 Å². The Kier molecular flexibility index (Phi) is 4.61. The van der Waals surface area contributed by atoms with E-state index in [0.717, 1.165) is 12.2 Å². The number of carbonyl (C=O) groups is 1. The van der Waals surface area contributed by atoms with Crippen molar-refractivity contribution < 1.29 is 9.21 Å². The Morgan fingerprint density at radius 3 is 2.55 bits per heavy atom. The molecule has 0 aliphatic carbocycles. The van der Waals surface area contributed by atoms with Crippen molar-refractivity contribution in [3.05, 3.63) is 59.5 Å². The molecule has 2 rings (SSSR count). The number of rotatable bonds is 5. The highest BCUT2D eigenvalue weighted by Crippen LogP contribution is 2.20. The number of hydrogen-bond acceptors (Lipinski definition) is 2. The van der Waals surface area contributed by atoms with Gasteiger partial charge in [0.2, 0.25) is 5.91 Å². The van der Waals surface area contributed by atoms with Gasteiger partial charge in [0, 0.05) is 13.5 Å². The van der Waals surface area contributed by atoms with Crippen molar-refractivity contribution in [3.63, 3.8) is 0 Å². The molecule has 1 atom stereocenters. The van der Waals surface area contributed by atoms with Crippen LogP contribution in [0.3, 0.4) is 0 Å². The van der Waals surface area contributed by atoms with Gasteiger partial charge in [0.25, 0.3) is 0 Å². The highest BCUT2D eigenvalue weighted by molar-refractivity contribution is 5.76. The zero-order chi connectivity index (χ0) is 14.5. The molecule has 1 aromatic heterocycles. The van der Waals surface area contributed by atoms with Crippen molar-refractivity contribution in [2.24, 2.45) is 0 Å². The van der Waals surface area contributed by atoms with Crippen LogP contribution < -0.4 is 0 Å². The number of aryl methyl sites for hydroxylation is 2. The molecule has 1 amide bonds. The molecule has 0 radical (unpaired) electrons. The topological polar surface area (TPSA) is 33.5 Å². The van der Waals surface area contributed by atoms with Crippen LogP contribution in [-0.2, 0) is 11.2 Å². The summed E-state index contributed by atoms with van der Waals surface area (Å²) in [7, 11) is 1.82. The molecule has 3 nitrogen and oxygen atoms in total. The smallest absolute Gasteiger partial charge is 0.223 e. The van der Waals surface area contributed by atoms with E-state index >= 15 is 0 Å². The van der Waals surface area contributed by atoms with E-state index in [1.54, 1.807) is 11.2 Å². The van der Waals surface area contributed by atoms with Crippen molar-refractivity contribution in [2.45, 2.75) is 32.7 Å². The average molecular weight is 271 g/mol. The molecular formula is C17H21NO2. The van der Waals surface area contributed by atoms with E-state index in [9.17, 15) is 4.79 Å². The lowest BCUT2D eigenvalue weighted by molar-refractivity contribution is -0.132. The predicted octanol–water partition coefficient (Wildman–Crippen LogP) is 3.74. The molecule has 0 aliphatic heterocycles. The largest absolute Gasteiger partial charge is 0.467 e. The molecule has 20 heavy (non-hydrogen) atoms. The van der Waals surface area contributed by atoms with Crippen LogP contribution in [0.1, 0.15) is 36.3 Å². The lowest BCUT2D eigenvalue weighted by atomic mass is 10.1. The Balaban J connectivity index is 1.89. The average Bonchev–Trinajstić information content (AvgIpc) is 2.99. The minimum Gasteiger partial charge on any atom is -0.467 e. The SMILES string of the molecule is Cc1ccc(CCC(=O)N(C)C(C)c2ccco2)cc1. The Hall–Kier alpha value is -2.03. The first-order chi connectivity index (χ1) is 9.58. The van der Waals surface area contributed by atoms with Gasteiger partial charge in [-0.3, -0.25) is 4.79 Å². The molecule has 0 aliphatic rings. The summed E-state index contributed by atoms with van der Waals surface area (Å²) in [5, 5.41) is 0. The predicted molar refractivity (Wildman–Crippen MR) is 79.4 cm³/mol. The molecule has 0 N–H and O–H groups in total. The molecule has 0 saturated carbocycles. The molecule has 1 heterocycles. The van der Waals surface area contributed by atoms with Crippen LogP contribution in [0.4, 0.5) is 0 Å². The van der Waals surface area contributed by atoms with E-state index in [2.05, 4.69) is 31.2 Å². The van der Waals surface area contributed by atoms with Gasteiger partial charge in [0.05, 0.1) is 12.3 Å². The van der Waals surface area contributed by atoms with Crippen molar-refractivity contribution in [2.75, 3.05) is 7.05 Å². The van der Waals surface area contributed by atoms with Crippen LogP contribution in [0, 0.1) is 6.92 Å². The lowest BCUT2D eigenvalue weighted by Gasteiger charge is -2.23. The fraction of sp³-hybridized carbons (Fsp3) is 0.353.